The highest BCUT2D eigenvalue weighted by molar-refractivity contribution is 5.89. The Balaban J connectivity index is 1.83. The predicted octanol–water partition coefficient (Wildman–Crippen LogP) is 3.25. The second kappa shape index (κ2) is 7.55. The fourth-order valence-electron chi connectivity index (χ4n) is 2.27. The first-order valence-corrected chi connectivity index (χ1v) is 8.20. The van der Waals surface area contributed by atoms with Crippen molar-refractivity contribution in [3.8, 4) is 5.75 Å². The SMILES string of the molecule is CCOC(=O)c1ccc(OCC2CCN2C(=O)OC(C)(C)C)cc1. The molecule has 132 valence electrons. The fraction of sp³-hybridized carbons (Fsp3) is 0.556. The summed E-state index contributed by atoms with van der Waals surface area (Å²) in [5.41, 5.74) is -0.00990. The Morgan fingerprint density at radius 1 is 1.21 bits per heavy atom. The van der Waals surface area contributed by atoms with Crippen LogP contribution in [0.15, 0.2) is 24.3 Å². The molecule has 1 unspecified atom stereocenters. The lowest BCUT2D eigenvalue weighted by molar-refractivity contribution is -0.0141. The van der Waals surface area contributed by atoms with E-state index < -0.39 is 5.60 Å². The molecule has 24 heavy (non-hydrogen) atoms. The number of esters is 1. The Bertz CT molecular complexity index is 576. The van der Waals surface area contributed by atoms with Crippen LogP contribution in [0.25, 0.3) is 0 Å². The van der Waals surface area contributed by atoms with Crippen molar-refractivity contribution in [2.45, 2.75) is 45.8 Å². The fourth-order valence-corrected chi connectivity index (χ4v) is 2.27. The monoisotopic (exact) mass is 335 g/mol. The molecular weight excluding hydrogens is 310 g/mol. The van der Waals surface area contributed by atoms with Gasteiger partial charge < -0.3 is 19.1 Å². The first-order valence-electron chi connectivity index (χ1n) is 8.20. The van der Waals surface area contributed by atoms with E-state index in [1.807, 2.05) is 20.8 Å². The van der Waals surface area contributed by atoms with Gasteiger partial charge in [-0.2, -0.15) is 0 Å². The van der Waals surface area contributed by atoms with Crippen LogP contribution in [0.5, 0.6) is 5.75 Å². The van der Waals surface area contributed by atoms with Crippen molar-refractivity contribution in [1.82, 2.24) is 4.90 Å². The molecule has 0 radical (unpaired) electrons. The minimum Gasteiger partial charge on any atom is -0.491 e. The Kier molecular flexibility index (Phi) is 5.70. The Labute approximate surface area is 142 Å². The van der Waals surface area contributed by atoms with Gasteiger partial charge in [-0.25, -0.2) is 9.59 Å². The summed E-state index contributed by atoms with van der Waals surface area (Å²) >= 11 is 0. The van der Waals surface area contributed by atoms with Crippen LogP contribution >= 0.6 is 0 Å². The summed E-state index contributed by atoms with van der Waals surface area (Å²) in [4.78, 5) is 25.3. The molecule has 1 fully saturated rings. The lowest BCUT2D eigenvalue weighted by atomic mass is 10.1. The maximum absolute atomic E-state index is 12.0. The third-order valence-electron chi connectivity index (χ3n) is 3.58. The molecule has 2 rings (SSSR count). The quantitative estimate of drug-likeness (QED) is 0.773. The summed E-state index contributed by atoms with van der Waals surface area (Å²) in [5.74, 6) is 0.304. The summed E-state index contributed by atoms with van der Waals surface area (Å²) in [7, 11) is 0. The number of carbonyl (C=O) groups excluding carboxylic acids is 2. The van der Waals surface area contributed by atoms with E-state index in [2.05, 4.69) is 0 Å². The maximum Gasteiger partial charge on any atom is 0.410 e. The van der Waals surface area contributed by atoms with Gasteiger partial charge in [-0.05, 0) is 58.4 Å². The number of hydrogen-bond acceptors (Lipinski definition) is 5. The Morgan fingerprint density at radius 3 is 2.38 bits per heavy atom. The van der Waals surface area contributed by atoms with Crippen molar-refractivity contribution in [2.75, 3.05) is 19.8 Å². The van der Waals surface area contributed by atoms with Crippen molar-refractivity contribution in [1.29, 1.82) is 0 Å². The average Bonchev–Trinajstić information content (AvgIpc) is 2.45. The van der Waals surface area contributed by atoms with E-state index in [9.17, 15) is 9.59 Å². The number of benzene rings is 1. The van der Waals surface area contributed by atoms with E-state index in [1.54, 1.807) is 36.1 Å². The van der Waals surface area contributed by atoms with Gasteiger partial charge in [0.25, 0.3) is 0 Å². The molecule has 6 nitrogen and oxygen atoms in total. The molecule has 1 aromatic rings. The molecule has 1 heterocycles. The van der Waals surface area contributed by atoms with Gasteiger partial charge in [0.2, 0.25) is 0 Å². The summed E-state index contributed by atoms with van der Waals surface area (Å²) < 4.78 is 16.0. The zero-order valence-electron chi connectivity index (χ0n) is 14.7. The number of amides is 1. The molecule has 1 saturated heterocycles. The molecule has 6 heteroatoms. The highest BCUT2D eigenvalue weighted by atomic mass is 16.6. The van der Waals surface area contributed by atoms with Gasteiger partial charge in [-0.1, -0.05) is 0 Å². The molecule has 1 atom stereocenters. The summed E-state index contributed by atoms with van der Waals surface area (Å²) in [6.07, 6.45) is 0.583. The normalized spacial score (nSPS) is 17.0. The topological polar surface area (TPSA) is 65.1 Å². The van der Waals surface area contributed by atoms with E-state index in [4.69, 9.17) is 14.2 Å². The summed E-state index contributed by atoms with van der Waals surface area (Å²) in [6, 6.07) is 6.80. The van der Waals surface area contributed by atoms with Crippen molar-refractivity contribution >= 4 is 12.1 Å². The van der Waals surface area contributed by atoms with Crippen LogP contribution in [0.2, 0.25) is 0 Å². The number of nitrogens with zero attached hydrogens (tertiary/aromatic N) is 1. The van der Waals surface area contributed by atoms with Gasteiger partial charge in [0, 0.05) is 6.54 Å². The van der Waals surface area contributed by atoms with Gasteiger partial charge in [-0.15, -0.1) is 0 Å². The van der Waals surface area contributed by atoms with E-state index in [1.165, 1.54) is 0 Å². The van der Waals surface area contributed by atoms with Crippen molar-refractivity contribution in [3.63, 3.8) is 0 Å². The molecule has 0 saturated carbocycles. The molecule has 0 aliphatic carbocycles. The van der Waals surface area contributed by atoms with Crippen LogP contribution in [0.4, 0.5) is 4.79 Å². The molecule has 1 aliphatic heterocycles. The highest BCUT2D eigenvalue weighted by Crippen LogP contribution is 2.22. The Hall–Kier alpha value is -2.24. The Morgan fingerprint density at radius 2 is 1.88 bits per heavy atom. The number of ether oxygens (including phenoxy) is 3. The zero-order valence-corrected chi connectivity index (χ0v) is 14.7. The second-order valence-corrected chi connectivity index (χ2v) is 6.67. The third kappa shape index (κ3) is 4.88. The highest BCUT2D eigenvalue weighted by Gasteiger charge is 2.35. The number of hydrogen-bond donors (Lipinski definition) is 0. The van der Waals surface area contributed by atoms with Crippen LogP contribution in [0.3, 0.4) is 0 Å². The van der Waals surface area contributed by atoms with Crippen LogP contribution in [0, 0.1) is 0 Å². The van der Waals surface area contributed by atoms with Crippen LogP contribution in [0.1, 0.15) is 44.5 Å². The van der Waals surface area contributed by atoms with Crippen molar-refractivity contribution in [2.24, 2.45) is 0 Å². The van der Waals surface area contributed by atoms with Crippen LogP contribution in [-0.2, 0) is 9.47 Å². The first-order chi connectivity index (χ1) is 11.3. The first kappa shape index (κ1) is 18.1. The molecule has 0 bridgehead atoms. The molecule has 0 aromatic heterocycles. The average molecular weight is 335 g/mol. The van der Waals surface area contributed by atoms with E-state index in [0.29, 0.717) is 31.1 Å². The van der Waals surface area contributed by atoms with Crippen molar-refractivity contribution in [3.05, 3.63) is 29.8 Å². The lowest BCUT2D eigenvalue weighted by Gasteiger charge is -2.41. The van der Waals surface area contributed by atoms with E-state index in [0.717, 1.165) is 6.42 Å². The smallest absolute Gasteiger partial charge is 0.410 e. The number of likely N-dealkylation sites (tertiary alicyclic amines) is 1. The van der Waals surface area contributed by atoms with Gasteiger partial charge in [-0.3, -0.25) is 0 Å². The molecular formula is C18H25NO5. The third-order valence-corrected chi connectivity index (χ3v) is 3.58. The van der Waals surface area contributed by atoms with Gasteiger partial charge >= 0.3 is 12.1 Å². The lowest BCUT2D eigenvalue weighted by Crippen LogP contribution is -2.55. The van der Waals surface area contributed by atoms with Gasteiger partial charge in [0.1, 0.15) is 18.0 Å². The van der Waals surface area contributed by atoms with Gasteiger partial charge in [0.05, 0.1) is 18.2 Å². The van der Waals surface area contributed by atoms with Gasteiger partial charge in [0.15, 0.2) is 0 Å². The van der Waals surface area contributed by atoms with E-state index >= 15 is 0 Å². The molecule has 1 aliphatic rings. The number of rotatable bonds is 5. The standard InChI is InChI=1S/C18H25NO5/c1-5-22-16(20)13-6-8-15(9-7-13)23-12-14-10-11-19(14)17(21)24-18(2,3)4/h6-9,14H,5,10-12H2,1-4H3. The largest absolute Gasteiger partial charge is 0.491 e. The van der Waals surface area contributed by atoms with E-state index in [-0.39, 0.29) is 18.1 Å². The minimum absolute atomic E-state index is 0.0181. The predicted molar refractivity (Wildman–Crippen MR) is 89.2 cm³/mol. The second-order valence-electron chi connectivity index (χ2n) is 6.67. The number of carbonyl (C=O) groups is 2. The van der Waals surface area contributed by atoms with Crippen LogP contribution in [-0.4, -0.2) is 48.4 Å². The zero-order chi connectivity index (χ0) is 17.7. The molecule has 0 spiro atoms. The minimum atomic E-state index is -0.499. The summed E-state index contributed by atoms with van der Waals surface area (Å²) in [6.45, 7) is 8.75. The maximum atomic E-state index is 12.0. The van der Waals surface area contributed by atoms with Crippen LogP contribution < -0.4 is 4.74 Å². The molecule has 1 aromatic carbocycles. The molecule has 0 N–H and O–H groups in total. The summed E-state index contributed by atoms with van der Waals surface area (Å²) in [5, 5.41) is 0. The molecule has 1 amide bonds. The van der Waals surface area contributed by atoms with Crippen molar-refractivity contribution < 1.29 is 23.8 Å².